The maximum atomic E-state index is 11.5. The topological polar surface area (TPSA) is 49.0 Å². The summed E-state index contributed by atoms with van der Waals surface area (Å²) in [6.07, 6.45) is 1.46. The van der Waals surface area contributed by atoms with Gasteiger partial charge in [0.05, 0.1) is 6.33 Å². The second-order valence-electron chi connectivity index (χ2n) is 4.40. The van der Waals surface area contributed by atoms with Crippen LogP contribution in [-0.4, -0.2) is 33.6 Å². The number of nitrogens with zero attached hydrogens (tertiary/aromatic N) is 2. The normalized spacial score (nSPS) is 19.8. The molecule has 1 aromatic heterocycles. The van der Waals surface area contributed by atoms with E-state index in [1.807, 2.05) is 11.8 Å². The molecular weight excluding hydrogens is 290 g/mol. The summed E-state index contributed by atoms with van der Waals surface area (Å²) < 4.78 is 0.736. The van der Waals surface area contributed by atoms with Crippen molar-refractivity contribution in [3.63, 3.8) is 0 Å². The molecule has 0 bridgehead atoms. The number of nitrogens with one attached hydrogen (secondary N) is 1. The molecule has 0 aliphatic carbocycles. The largest absolute Gasteiger partial charge is 0.353 e. The molecule has 2 rings (SSSR count). The molecular formula is C10H14BrN3OS. The number of aromatic amines is 1. The van der Waals surface area contributed by atoms with Crippen molar-refractivity contribution in [1.29, 1.82) is 0 Å². The van der Waals surface area contributed by atoms with Crippen LogP contribution in [0.3, 0.4) is 0 Å². The molecule has 88 valence electrons. The zero-order chi connectivity index (χ0) is 11.8. The number of H-pyrrole nitrogens is 1. The summed E-state index contributed by atoms with van der Waals surface area (Å²) in [6, 6.07) is 0. The molecule has 1 saturated heterocycles. The Balaban J connectivity index is 2.31. The van der Waals surface area contributed by atoms with E-state index in [0.717, 1.165) is 24.7 Å². The fourth-order valence-corrected chi connectivity index (χ4v) is 3.37. The van der Waals surface area contributed by atoms with E-state index >= 15 is 0 Å². The highest BCUT2D eigenvalue weighted by atomic mass is 79.9. The lowest BCUT2D eigenvalue weighted by atomic mass is 10.2. The first-order valence-corrected chi connectivity index (χ1v) is 6.89. The van der Waals surface area contributed by atoms with Crippen LogP contribution in [0.25, 0.3) is 0 Å². The Bertz CT molecular complexity index is 446. The predicted molar refractivity (Wildman–Crippen MR) is 71.3 cm³/mol. The molecule has 16 heavy (non-hydrogen) atoms. The minimum atomic E-state index is -0.124. The Morgan fingerprint density at radius 1 is 1.62 bits per heavy atom. The first kappa shape index (κ1) is 12.0. The number of hydrogen-bond donors (Lipinski definition) is 1. The second kappa shape index (κ2) is 4.41. The number of thioether (sulfide) groups is 1. The maximum absolute atomic E-state index is 11.5. The fraction of sp³-hybridized carbons (Fsp3) is 0.600. The third-order valence-electron chi connectivity index (χ3n) is 2.50. The Labute approximate surface area is 107 Å². The molecule has 1 N–H and O–H groups in total. The van der Waals surface area contributed by atoms with Gasteiger partial charge < -0.3 is 9.88 Å². The Kier molecular flexibility index (Phi) is 3.30. The molecule has 4 nitrogen and oxygen atoms in total. The van der Waals surface area contributed by atoms with Crippen LogP contribution in [0.15, 0.2) is 15.6 Å². The van der Waals surface area contributed by atoms with Crippen molar-refractivity contribution >= 4 is 33.5 Å². The second-order valence-corrected chi connectivity index (χ2v) is 6.99. The molecule has 0 saturated carbocycles. The lowest BCUT2D eigenvalue weighted by Gasteiger charge is -2.38. The summed E-state index contributed by atoms with van der Waals surface area (Å²) in [7, 11) is 0. The van der Waals surface area contributed by atoms with Gasteiger partial charge >= 0.3 is 0 Å². The molecule has 0 aromatic carbocycles. The molecule has 0 amide bonds. The Hall–Kier alpha value is -0.490. The summed E-state index contributed by atoms with van der Waals surface area (Å²) in [5, 5.41) is 0. The molecule has 1 aliphatic heterocycles. The lowest BCUT2D eigenvalue weighted by Crippen LogP contribution is -2.44. The van der Waals surface area contributed by atoms with E-state index in [-0.39, 0.29) is 10.3 Å². The zero-order valence-electron chi connectivity index (χ0n) is 9.29. The van der Waals surface area contributed by atoms with Gasteiger partial charge in [0.25, 0.3) is 5.56 Å². The summed E-state index contributed by atoms with van der Waals surface area (Å²) >= 11 is 5.26. The van der Waals surface area contributed by atoms with Gasteiger partial charge in [0.1, 0.15) is 10.3 Å². The van der Waals surface area contributed by atoms with E-state index in [0.29, 0.717) is 4.47 Å². The van der Waals surface area contributed by atoms with Crippen molar-refractivity contribution in [3.05, 3.63) is 21.2 Å². The van der Waals surface area contributed by atoms with Gasteiger partial charge in [-0.2, -0.15) is 11.8 Å². The van der Waals surface area contributed by atoms with Gasteiger partial charge in [0, 0.05) is 23.6 Å². The SMILES string of the molecule is CC1(C)CN(c2nc[nH]c(=O)c2Br)CCS1. The van der Waals surface area contributed by atoms with Crippen LogP contribution in [0, 0.1) is 0 Å². The minimum Gasteiger partial charge on any atom is -0.353 e. The van der Waals surface area contributed by atoms with E-state index in [9.17, 15) is 4.79 Å². The van der Waals surface area contributed by atoms with Crippen LogP contribution in [0.1, 0.15) is 13.8 Å². The quantitative estimate of drug-likeness (QED) is 0.860. The molecule has 0 unspecified atom stereocenters. The number of rotatable bonds is 1. The molecule has 6 heteroatoms. The highest BCUT2D eigenvalue weighted by Crippen LogP contribution is 2.32. The molecule has 0 spiro atoms. The minimum absolute atomic E-state index is 0.124. The van der Waals surface area contributed by atoms with Crippen LogP contribution in [0.2, 0.25) is 0 Å². The standard InChI is InChI=1S/C10H14BrN3OS/c1-10(2)5-14(3-4-16-10)8-7(11)9(15)13-6-12-8/h6H,3-5H2,1-2H3,(H,12,13,15). The van der Waals surface area contributed by atoms with Crippen LogP contribution in [0.5, 0.6) is 0 Å². The number of anilines is 1. The van der Waals surface area contributed by atoms with Crippen LogP contribution >= 0.6 is 27.7 Å². The van der Waals surface area contributed by atoms with Crippen molar-refractivity contribution in [2.75, 3.05) is 23.7 Å². The Morgan fingerprint density at radius 3 is 3.06 bits per heavy atom. The first-order valence-electron chi connectivity index (χ1n) is 5.12. The zero-order valence-corrected chi connectivity index (χ0v) is 11.7. The number of halogens is 1. The van der Waals surface area contributed by atoms with Gasteiger partial charge in [-0.1, -0.05) is 0 Å². The average Bonchev–Trinajstić information content (AvgIpc) is 2.20. The molecule has 0 radical (unpaired) electrons. The Morgan fingerprint density at radius 2 is 2.38 bits per heavy atom. The van der Waals surface area contributed by atoms with Crippen LogP contribution < -0.4 is 10.5 Å². The third kappa shape index (κ3) is 2.43. The average molecular weight is 304 g/mol. The van der Waals surface area contributed by atoms with Gasteiger partial charge in [-0.05, 0) is 29.8 Å². The van der Waals surface area contributed by atoms with Crippen molar-refractivity contribution < 1.29 is 0 Å². The van der Waals surface area contributed by atoms with Gasteiger partial charge in [-0.25, -0.2) is 4.98 Å². The van der Waals surface area contributed by atoms with Crippen molar-refractivity contribution in [3.8, 4) is 0 Å². The number of hydrogen-bond acceptors (Lipinski definition) is 4. The summed E-state index contributed by atoms with van der Waals surface area (Å²) in [6.45, 7) is 6.27. The summed E-state index contributed by atoms with van der Waals surface area (Å²) in [5.74, 6) is 1.81. The summed E-state index contributed by atoms with van der Waals surface area (Å²) in [5.41, 5.74) is -0.124. The van der Waals surface area contributed by atoms with Gasteiger partial charge in [-0.15, -0.1) is 0 Å². The van der Waals surface area contributed by atoms with Crippen molar-refractivity contribution in [1.82, 2.24) is 9.97 Å². The summed E-state index contributed by atoms with van der Waals surface area (Å²) in [4.78, 5) is 20.4. The van der Waals surface area contributed by atoms with Gasteiger partial charge in [-0.3, -0.25) is 4.79 Å². The molecule has 1 fully saturated rings. The smallest absolute Gasteiger partial charge is 0.267 e. The monoisotopic (exact) mass is 303 g/mol. The molecule has 1 aromatic rings. The van der Waals surface area contributed by atoms with E-state index in [1.54, 1.807) is 0 Å². The highest BCUT2D eigenvalue weighted by molar-refractivity contribution is 9.10. The van der Waals surface area contributed by atoms with E-state index in [2.05, 4.69) is 44.6 Å². The molecule has 1 aliphatic rings. The predicted octanol–water partition coefficient (Wildman–Crippen LogP) is 1.86. The van der Waals surface area contributed by atoms with Crippen LogP contribution in [-0.2, 0) is 0 Å². The van der Waals surface area contributed by atoms with Crippen molar-refractivity contribution in [2.24, 2.45) is 0 Å². The lowest BCUT2D eigenvalue weighted by molar-refractivity contribution is 0.640. The molecule has 0 atom stereocenters. The van der Waals surface area contributed by atoms with Crippen molar-refractivity contribution in [2.45, 2.75) is 18.6 Å². The maximum Gasteiger partial charge on any atom is 0.267 e. The van der Waals surface area contributed by atoms with Gasteiger partial charge in [0.15, 0.2) is 0 Å². The first-order chi connectivity index (χ1) is 7.49. The molecule has 2 heterocycles. The fourth-order valence-electron chi connectivity index (χ4n) is 1.79. The van der Waals surface area contributed by atoms with Crippen LogP contribution in [0.4, 0.5) is 5.82 Å². The van der Waals surface area contributed by atoms with E-state index in [4.69, 9.17) is 0 Å². The van der Waals surface area contributed by atoms with E-state index in [1.165, 1.54) is 6.33 Å². The van der Waals surface area contributed by atoms with Gasteiger partial charge in [0.2, 0.25) is 0 Å². The number of aromatic nitrogens is 2. The highest BCUT2D eigenvalue weighted by Gasteiger charge is 2.28. The van der Waals surface area contributed by atoms with E-state index < -0.39 is 0 Å². The third-order valence-corrected chi connectivity index (χ3v) is 4.52.